The standard InChI is InChI=1S/C33H27ClF2N8O5S/c1-17-39-25-10-18(13-42(2)14-20-15-43(3)41-40-20)29(49-33(35)36)23(12-37)27(25)31(45)44(17)8-9-48-26-5-4-19(34)11-22(26)21-6-7-38-28-24(32(46)47)16-50-30(21)28/h4-7,10-11,15-16,33H,8-9,13-14H2,1-3H3,(H,46,47). The highest BCUT2D eigenvalue weighted by atomic mass is 35.5. The summed E-state index contributed by atoms with van der Waals surface area (Å²) >= 11 is 7.57. The van der Waals surface area contributed by atoms with E-state index in [0.29, 0.717) is 50.2 Å². The Bertz CT molecular complexity index is 2370. The first-order valence-electron chi connectivity index (χ1n) is 14.9. The number of aromatic nitrogens is 6. The van der Waals surface area contributed by atoms with Crippen molar-refractivity contribution in [2.75, 3.05) is 13.7 Å². The first kappa shape index (κ1) is 34.4. The van der Waals surface area contributed by atoms with Gasteiger partial charge in [-0.15, -0.1) is 16.4 Å². The first-order chi connectivity index (χ1) is 23.9. The lowest BCUT2D eigenvalue weighted by atomic mass is 10.0. The summed E-state index contributed by atoms with van der Waals surface area (Å²) < 4.78 is 41.8. The molecule has 1 N–H and O–H groups in total. The molecule has 0 saturated carbocycles. The molecule has 0 unspecified atom stereocenters. The molecule has 13 nitrogen and oxygen atoms in total. The van der Waals surface area contributed by atoms with Crippen LogP contribution in [0, 0.1) is 18.3 Å². The van der Waals surface area contributed by atoms with Crippen molar-refractivity contribution < 1.29 is 28.2 Å². The highest BCUT2D eigenvalue weighted by molar-refractivity contribution is 7.18. The molecule has 6 aromatic rings. The number of pyridine rings is 1. The van der Waals surface area contributed by atoms with E-state index < -0.39 is 23.9 Å². The number of hydrogen-bond donors (Lipinski definition) is 1. The second kappa shape index (κ2) is 14.2. The normalized spacial score (nSPS) is 11.5. The van der Waals surface area contributed by atoms with Gasteiger partial charge in [-0.2, -0.15) is 14.0 Å². The molecule has 0 fully saturated rings. The number of benzene rings is 2. The molecule has 2 aromatic carbocycles. The van der Waals surface area contributed by atoms with Crippen LogP contribution in [0.15, 0.2) is 52.9 Å². The summed E-state index contributed by atoms with van der Waals surface area (Å²) in [6.45, 7) is -1.27. The Balaban J connectivity index is 1.32. The third-order valence-electron chi connectivity index (χ3n) is 7.80. The number of carbonyl (C=O) groups is 1. The minimum atomic E-state index is -3.25. The molecule has 50 heavy (non-hydrogen) atoms. The fourth-order valence-corrected chi connectivity index (χ4v) is 6.91. The number of rotatable bonds is 12. The molecular formula is C33H27ClF2N8O5S. The van der Waals surface area contributed by atoms with Crippen molar-refractivity contribution in [2.24, 2.45) is 7.05 Å². The van der Waals surface area contributed by atoms with E-state index in [9.17, 15) is 28.7 Å². The predicted molar refractivity (Wildman–Crippen MR) is 181 cm³/mol. The number of aromatic carboxylic acids is 1. The van der Waals surface area contributed by atoms with Crippen molar-refractivity contribution in [3.63, 3.8) is 0 Å². The number of alkyl halides is 2. The second-order valence-electron chi connectivity index (χ2n) is 11.3. The molecule has 0 atom stereocenters. The zero-order valence-corrected chi connectivity index (χ0v) is 28.3. The number of ether oxygens (including phenoxy) is 2. The van der Waals surface area contributed by atoms with Gasteiger partial charge in [0.1, 0.15) is 35.6 Å². The lowest BCUT2D eigenvalue weighted by molar-refractivity contribution is -0.0508. The predicted octanol–water partition coefficient (Wildman–Crippen LogP) is 5.65. The van der Waals surface area contributed by atoms with Crippen LogP contribution in [-0.4, -0.2) is 65.8 Å². The van der Waals surface area contributed by atoms with Crippen molar-refractivity contribution in [3.05, 3.63) is 91.7 Å². The van der Waals surface area contributed by atoms with Crippen molar-refractivity contribution in [1.82, 2.24) is 34.4 Å². The van der Waals surface area contributed by atoms with Gasteiger partial charge in [0.2, 0.25) is 0 Å². The fraction of sp³-hybridized carbons (Fsp3) is 0.242. The zero-order valence-electron chi connectivity index (χ0n) is 26.7. The van der Waals surface area contributed by atoms with Crippen LogP contribution in [0.25, 0.3) is 32.2 Å². The Morgan fingerprint density at radius 2 is 2.02 bits per heavy atom. The Kier molecular flexibility index (Phi) is 9.73. The average molecular weight is 721 g/mol. The molecule has 0 saturated heterocycles. The number of nitriles is 1. The number of halogens is 3. The summed E-state index contributed by atoms with van der Waals surface area (Å²) in [4.78, 5) is 36.2. The van der Waals surface area contributed by atoms with Gasteiger partial charge in [-0.3, -0.25) is 23.9 Å². The van der Waals surface area contributed by atoms with Gasteiger partial charge in [-0.1, -0.05) is 16.8 Å². The summed E-state index contributed by atoms with van der Waals surface area (Å²) in [6.07, 6.45) is 3.23. The number of carboxylic acid groups (broad SMARTS) is 1. The van der Waals surface area contributed by atoms with Gasteiger partial charge in [0, 0.05) is 59.6 Å². The van der Waals surface area contributed by atoms with E-state index in [1.807, 2.05) is 6.07 Å². The smallest absolute Gasteiger partial charge is 0.387 e. The van der Waals surface area contributed by atoms with Gasteiger partial charge in [0.15, 0.2) is 0 Å². The summed E-state index contributed by atoms with van der Waals surface area (Å²) in [5.74, 6) is -0.779. The van der Waals surface area contributed by atoms with Crippen molar-refractivity contribution in [2.45, 2.75) is 33.2 Å². The SMILES string of the molecule is Cc1nc2cc(CN(C)Cc3cn(C)nn3)c(OC(F)F)c(C#N)c2c(=O)n1CCOc1ccc(Cl)cc1-c1ccnc2c(C(=O)O)csc12. The van der Waals surface area contributed by atoms with Gasteiger partial charge < -0.3 is 14.6 Å². The minimum absolute atomic E-state index is 0.0118. The Morgan fingerprint density at radius 1 is 1.22 bits per heavy atom. The molecule has 4 aromatic heterocycles. The van der Waals surface area contributed by atoms with E-state index in [4.69, 9.17) is 21.1 Å². The monoisotopic (exact) mass is 720 g/mol. The van der Waals surface area contributed by atoms with E-state index in [1.165, 1.54) is 38.2 Å². The van der Waals surface area contributed by atoms with Crippen LogP contribution in [0.5, 0.6) is 11.5 Å². The minimum Gasteiger partial charge on any atom is -0.491 e. The molecule has 0 radical (unpaired) electrons. The van der Waals surface area contributed by atoms with Crippen LogP contribution in [0.4, 0.5) is 8.78 Å². The Morgan fingerprint density at radius 3 is 2.72 bits per heavy atom. The molecule has 6 rings (SSSR count). The van der Waals surface area contributed by atoms with E-state index in [2.05, 4.69) is 20.3 Å². The molecule has 17 heteroatoms. The van der Waals surface area contributed by atoms with E-state index in [0.717, 1.165) is 0 Å². The quantitative estimate of drug-likeness (QED) is 0.166. The lowest BCUT2D eigenvalue weighted by Gasteiger charge is -2.20. The molecule has 4 heterocycles. The zero-order chi connectivity index (χ0) is 35.7. The second-order valence-corrected chi connectivity index (χ2v) is 12.6. The van der Waals surface area contributed by atoms with Gasteiger partial charge >= 0.3 is 12.6 Å². The maximum Gasteiger partial charge on any atom is 0.387 e. The highest BCUT2D eigenvalue weighted by Gasteiger charge is 2.24. The molecule has 0 aliphatic rings. The van der Waals surface area contributed by atoms with Crippen LogP contribution in [-0.2, 0) is 26.7 Å². The van der Waals surface area contributed by atoms with Crippen LogP contribution < -0.4 is 15.0 Å². The topological polar surface area (TPSA) is 161 Å². The molecule has 256 valence electrons. The van der Waals surface area contributed by atoms with Crippen LogP contribution in [0.1, 0.15) is 33.0 Å². The molecule has 0 aliphatic carbocycles. The van der Waals surface area contributed by atoms with E-state index in [-0.39, 0.29) is 47.3 Å². The molecule has 0 amide bonds. The summed E-state index contributed by atoms with van der Waals surface area (Å²) in [5.41, 5.74) is 1.73. The molecule has 0 spiro atoms. The number of carboxylic acids is 1. The Hall–Kier alpha value is -5.50. The maximum absolute atomic E-state index is 13.9. The maximum atomic E-state index is 13.9. The van der Waals surface area contributed by atoms with Gasteiger partial charge in [-0.05, 0) is 44.3 Å². The summed E-state index contributed by atoms with van der Waals surface area (Å²) in [7, 11) is 3.46. The van der Waals surface area contributed by atoms with E-state index in [1.54, 1.807) is 56.4 Å². The summed E-state index contributed by atoms with van der Waals surface area (Å²) in [6, 6.07) is 10.1. The lowest BCUT2D eigenvalue weighted by Crippen LogP contribution is -2.28. The van der Waals surface area contributed by atoms with Gasteiger partial charge in [0.25, 0.3) is 5.56 Å². The number of aryl methyl sites for hydroxylation is 2. The highest BCUT2D eigenvalue weighted by Crippen LogP contribution is 2.40. The Labute approximate surface area is 291 Å². The summed E-state index contributed by atoms with van der Waals surface area (Å²) in [5, 5.41) is 29.4. The van der Waals surface area contributed by atoms with E-state index >= 15 is 0 Å². The van der Waals surface area contributed by atoms with Gasteiger partial charge in [-0.25, -0.2) is 9.78 Å². The first-order valence-corrected chi connectivity index (χ1v) is 16.2. The number of fused-ring (bicyclic) bond motifs is 2. The molecule has 0 aliphatic heterocycles. The van der Waals surface area contributed by atoms with Crippen molar-refractivity contribution in [1.29, 1.82) is 5.26 Å². The largest absolute Gasteiger partial charge is 0.491 e. The molecule has 0 bridgehead atoms. The van der Waals surface area contributed by atoms with Crippen molar-refractivity contribution in [3.8, 4) is 28.7 Å². The third kappa shape index (κ3) is 6.83. The van der Waals surface area contributed by atoms with Crippen LogP contribution in [0.3, 0.4) is 0 Å². The van der Waals surface area contributed by atoms with Crippen molar-refractivity contribution >= 4 is 50.0 Å². The average Bonchev–Trinajstić information content (AvgIpc) is 3.69. The number of hydrogen-bond acceptors (Lipinski definition) is 11. The third-order valence-corrected chi connectivity index (χ3v) is 9.04. The van der Waals surface area contributed by atoms with Crippen LogP contribution in [0.2, 0.25) is 5.02 Å². The van der Waals surface area contributed by atoms with Crippen LogP contribution >= 0.6 is 22.9 Å². The number of thiophene rings is 1. The number of nitrogens with zero attached hydrogens (tertiary/aromatic N) is 8. The van der Waals surface area contributed by atoms with Gasteiger partial charge in [0.05, 0.1) is 38.9 Å². The molecular weight excluding hydrogens is 694 g/mol. The fourth-order valence-electron chi connectivity index (χ4n) is 5.71.